The molecule has 0 aliphatic rings. The monoisotopic (exact) mass is 212 g/mol. The highest BCUT2D eigenvalue weighted by molar-refractivity contribution is 4.76. The van der Waals surface area contributed by atoms with E-state index in [0.29, 0.717) is 18.0 Å². The van der Waals surface area contributed by atoms with Gasteiger partial charge in [0.1, 0.15) is 0 Å². The number of nitrogens with one attached hydrogen (secondary N) is 1. The van der Waals surface area contributed by atoms with Crippen molar-refractivity contribution < 1.29 is 0 Å². The van der Waals surface area contributed by atoms with Crippen molar-refractivity contribution in [3.63, 3.8) is 0 Å². The lowest BCUT2D eigenvalue weighted by Gasteiger charge is -2.29. The van der Waals surface area contributed by atoms with Gasteiger partial charge in [-0.25, -0.2) is 0 Å². The maximum Gasteiger partial charge on any atom is 0.0237 e. The lowest BCUT2D eigenvalue weighted by Crippen LogP contribution is -2.44. The lowest BCUT2D eigenvalue weighted by atomic mass is 10.0. The summed E-state index contributed by atoms with van der Waals surface area (Å²) in [4.78, 5) is 2.30. The summed E-state index contributed by atoms with van der Waals surface area (Å²) in [6.07, 6.45) is 4.27. The van der Waals surface area contributed by atoms with Crippen LogP contribution >= 0.6 is 0 Å². The largest absolute Gasteiger partial charge is 0.313 e. The molecule has 0 aromatic heterocycles. The molecule has 1 N–H and O–H groups in total. The van der Waals surface area contributed by atoms with Gasteiger partial charge in [0.2, 0.25) is 0 Å². The van der Waals surface area contributed by atoms with E-state index in [1.54, 1.807) is 0 Å². The lowest BCUT2D eigenvalue weighted by molar-refractivity contribution is 0.219. The van der Waals surface area contributed by atoms with E-state index in [-0.39, 0.29) is 0 Å². The first kappa shape index (κ1) is 14.7. The molecule has 0 aromatic carbocycles. The second kappa shape index (κ2) is 7.89. The number of rotatable bonds is 8. The average Bonchev–Trinajstić information content (AvgIpc) is 2.13. The third kappa shape index (κ3) is 6.69. The zero-order chi connectivity index (χ0) is 11.8. The van der Waals surface area contributed by atoms with Crippen LogP contribution in [0.2, 0.25) is 0 Å². The van der Waals surface area contributed by atoms with Crippen LogP contribution in [0.3, 0.4) is 0 Å². The second-order valence-corrected chi connectivity index (χ2v) is 4.95. The van der Waals surface area contributed by atoms with E-state index in [4.69, 9.17) is 0 Å². The van der Waals surface area contributed by atoms with Crippen LogP contribution in [0.4, 0.5) is 0 Å². The van der Waals surface area contributed by atoms with Crippen LogP contribution in [0.5, 0.6) is 0 Å². The van der Waals surface area contributed by atoms with E-state index < -0.39 is 0 Å². The van der Waals surface area contributed by atoms with Gasteiger partial charge in [0.15, 0.2) is 0 Å². The van der Waals surface area contributed by atoms with Gasteiger partial charge in [-0.2, -0.15) is 0 Å². The molecule has 0 rings (SSSR count). The Morgan fingerprint density at radius 3 is 2.27 bits per heavy atom. The molecule has 0 fully saturated rings. The smallest absolute Gasteiger partial charge is 0.0237 e. The maximum absolute atomic E-state index is 3.75. The summed E-state index contributed by atoms with van der Waals surface area (Å²) in [6, 6.07) is 1.21. The molecule has 0 aromatic rings. The second-order valence-electron chi connectivity index (χ2n) is 4.95. The van der Waals surface area contributed by atoms with Crippen LogP contribution in [-0.4, -0.2) is 37.6 Å². The molecule has 2 unspecified atom stereocenters. The van der Waals surface area contributed by atoms with Gasteiger partial charge in [0.05, 0.1) is 0 Å². The molecule has 2 heteroatoms. The molecule has 0 radical (unpaired) electrons. The average molecular weight is 212 g/mol. The molecule has 90 valence electrons. The van der Waals surface area contributed by atoms with Crippen molar-refractivity contribution in [3.8, 4) is 0 Å². The van der Waals surface area contributed by atoms with E-state index in [2.05, 4.69) is 51.7 Å². The molecule has 0 aliphatic heterocycles. The molecule has 2 atom stereocenters. The van der Waals surface area contributed by atoms with E-state index in [1.807, 2.05) is 6.08 Å². The fourth-order valence-electron chi connectivity index (χ4n) is 1.81. The summed E-state index contributed by atoms with van der Waals surface area (Å²) < 4.78 is 0. The Labute approximate surface area is 95.7 Å². The minimum atomic E-state index is 0.587. The van der Waals surface area contributed by atoms with Gasteiger partial charge in [-0.15, -0.1) is 6.58 Å². The van der Waals surface area contributed by atoms with Gasteiger partial charge in [0, 0.05) is 18.6 Å². The fraction of sp³-hybridized carbons (Fsp3) is 0.846. The molecule has 0 aliphatic carbocycles. The molecule has 0 saturated carbocycles. The molecule has 0 bridgehead atoms. The highest BCUT2D eigenvalue weighted by atomic mass is 15.1. The Balaban J connectivity index is 3.83. The molecular formula is C13H28N2. The Morgan fingerprint density at radius 1 is 1.27 bits per heavy atom. The maximum atomic E-state index is 3.75. The predicted octanol–water partition coefficient (Wildman–Crippen LogP) is 2.52. The third-order valence-corrected chi connectivity index (χ3v) is 2.91. The summed E-state index contributed by atoms with van der Waals surface area (Å²) in [5, 5.41) is 3.59. The molecular weight excluding hydrogens is 184 g/mol. The minimum Gasteiger partial charge on any atom is -0.313 e. The van der Waals surface area contributed by atoms with Gasteiger partial charge in [-0.05, 0) is 39.8 Å². The fourth-order valence-corrected chi connectivity index (χ4v) is 1.81. The highest BCUT2D eigenvalue weighted by Gasteiger charge is 2.15. The zero-order valence-electron chi connectivity index (χ0n) is 11.1. The van der Waals surface area contributed by atoms with Crippen molar-refractivity contribution in [3.05, 3.63) is 12.7 Å². The van der Waals surface area contributed by atoms with Gasteiger partial charge in [-0.3, -0.25) is 0 Å². The van der Waals surface area contributed by atoms with Crippen LogP contribution in [0.1, 0.15) is 33.6 Å². The molecule has 15 heavy (non-hydrogen) atoms. The first-order valence-electron chi connectivity index (χ1n) is 5.99. The van der Waals surface area contributed by atoms with Crippen molar-refractivity contribution in [2.45, 2.75) is 45.7 Å². The number of nitrogens with zero attached hydrogens (tertiary/aromatic N) is 1. The van der Waals surface area contributed by atoms with Crippen LogP contribution < -0.4 is 5.32 Å². The van der Waals surface area contributed by atoms with E-state index in [1.165, 1.54) is 6.42 Å². The summed E-state index contributed by atoms with van der Waals surface area (Å²) in [6.45, 7) is 11.6. The Bertz CT molecular complexity index is 156. The van der Waals surface area contributed by atoms with E-state index >= 15 is 0 Å². The van der Waals surface area contributed by atoms with Crippen LogP contribution in [0, 0.1) is 5.92 Å². The Morgan fingerprint density at radius 2 is 1.87 bits per heavy atom. The standard InChI is InChI=1S/C13H28N2/c1-7-8-9-12(4)14-10-13(11(2)3)15(5)6/h7,11-14H,1,8-10H2,2-6H3. The molecule has 0 amide bonds. The summed E-state index contributed by atoms with van der Waals surface area (Å²) in [7, 11) is 4.31. The van der Waals surface area contributed by atoms with Gasteiger partial charge in [-0.1, -0.05) is 19.9 Å². The summed E-state index contributed by atoms with van der Waals surface area (Å²) in [5.74, 6) is 0.694. The van der Waals surface area contributed by atoms with Crippen molar-refractivity contribution in [2.24, 2.45) is 5.92 Å². The van der Waals surface area contributed by atoms with Crippen LogP contribution in [-0.2, 0) is 0 Å². The minimum absolute atomic E-state index is 0.587. The number of hydrogen-bond donors (Lipinski definition) is 1. The molecule has 2 nitrogen and oxygen atoms in total. The topological polar surface area (TPSA) is 15.3 Å². The zero-order valence-corrected chi connectivity index (χ0v) is 11.1. The van der Waals surface area contributed by atoms with Gasteiger partial charge >= 0.3 is 0 Å². The Kier molecular flexibility index (Phi) is 7.71. The van der Waals surface area contributed by atoms with Crippen LogP contribution in [0.15, 0.2) is 12.7 Å². The Hall–Kier alpha value is -0.340. The predicted molar refractivity (Wildman–Crippen MR) is 69.2 cm³/mol. The first-order chi connectivity index (χ1) is 6.99. The first-order valence-corrected chi connectivity index (χ1v) is 5.99. The number of likely N-dealkylation sites (N-methyl/N-ethyl adjacent to an activating group) is 1. The normalized spacial score (nSPS) is 15.7. The SMILES string of the molecule is C=CCCC(C)NCC(C(C)C)N(C)C. The quantitative estimate of drug-likeness (QED) is 0.622. The van der Waals surface area contributed by atoms with Gasteiger partial charge in [0.25, 0.3) is 0 Å². The number of allylic oxidation sites excluding steroid dienone is 1. The molecule has 0 spiro atoms. The van der Waals surface area contributed by atoms with Crippen LogP contribution in [0.25, 0.3) is 0 Å². The summed E-state index contributed by atoms with van der Waals surface area (Å²) >= 11 is 0. The summed E-state index contributed by atoms with van der Waals surface area (Å²) in [5.41, 5.74) is 0. The molecule has 0 saturated heterocycles. The highest BCUT2D eigenvalue weighted by Crippen LogP contribution is 2.07. The van der Waals surface area contributed by atoms with Crippen molar-refractivity contribution >= 4 is 0 Å². The molecule has 0 heterocycles. The van der Waals surface area contributed by atoms with Crippen molar-refractivity contribution in [2.75, 3.05) is 20.6 Å². The van der Waals surface area contributed by atoms with E-state index in [0.717, 1.165) is 13.0 Å². The number of hydrogen-bond acceptors (Lipinski definition) is 2. The van der Waals surface area contributed by atoms with Crippen molar-refractivity contribution in [1.29, 1.82) is 0 Å². The van der Waals surface area contributed by atoms with Gasteiger partial charge < -0.3 is 10.2 Å². The van der Waals surface area contributed by atoms with E-state index in [9.17, 15) is 0 Å². The third-order valence-electron chi connectivity index (χ3n) is 2.91. The van der Waals surface area contributed by atoms with Crippen molar-refractivity contribution in [1.82, 2.24) is 10.2 Å².